The summed E-state index contributed by atoms with van der Waals surface area (Å²) in [6.45, 7) is 0.416. The summed E-state index contributed by atoms with van der Waals surface area (Å²) >= 11 is 0. The van der Waals surface area contributed by atoms with Crippen molar-refractivity contribution in [2.24, 2.45) is 5.73 Å². The maximum Gasteiger partial charge on any atom is 0.242 e. The van der Waals surface area contributed by atoms with Gasteiger partial charge in [-0.25, -0.2) is 0 Å². The van der Waals surface area contributed by atoms with Gasteiger partial charge in [0.1, 0.15) is 0 Å². The van der Waals surface area contributed by atoms with Crippen LogP contribution in [0.4, 0.5) is 0 Å². The van der Waals surface area contributed by atoms with E-state index in [0.717, 1.165) is 12.8 Å². The van der Waals surface area contributed by atoms with Crippen LogP contribution in [0.1, 0.15) is 38.5 Å². The Hall–Kier alpha value is -1.14. The second-order valence-corrected chi connectivity index (χ2v) is 5.84. The standard InChI is InChI=1S/C15H29N3O3/c1-17(14(19)9-13(10-16)21-3)11-15(20)18(2)12-7-5-4-6-8-12/h12-13H,4-11,16H2,1-3H3. The maximum absolute atomic E-state index is 12.3. The number of nitrogens with two attached hydrogens (primary N) is 1. The summed E-state index contributed by atoms with van der Waals surface area (Å²) in [5.74, 6) is -0.114. The van der Waals surface area contributed by atoms with Crippen LogP contribution in [0.5, 0.6) is 0 Å². The number of carbonyl (C=O) groups excluding carboxylic acids is 2. The van der Waals surface area contributed by atoms with Crippen molar-refractivity contribution < 1.29 is 14.3 Å². The van der Waals surface area contributed by atoms with Crippen LogP contribution in [-0.4, -0.2) is 68.1 Å². The van der Waals surface area contributed by atoms with E-state index in [1.54, 1.807) is 11.9 Å². The van der Waals surface area contributed by atoms with Crippen molar-refractivity contribution in [3.8, 4) is 0 Å². The normalized spacial score (nSPS) is 17.3. The molecule has 1 fully saturated rings. The van der Waals surface area contributed by atoms with Gasteiger partial charge in [0, 0.05) is 33.8 Å². The minimum absolute atomic E-state index is 0.000495. The first kappa shape index (κ1) is 17.9. The molecule has 1 rings (SSSR count). The van der Waals surface area contributed by atoms with E-state index in [-0.39, 0.29) is 30.9 Å². The topological polar surface area (TPSA) is 75.9 Å². The van der Waals surface area contributed by atoms with Crippen molar-refractivity contribution in [3.63, 3.8) is 0 Å². The van der Waals surface area contributed by atoms with Crippen molar-refractivity contribution >= 4 is 11.8 Å². The van der Waals surface area contributed by atoms with Gasteiger partial charge in [-0.05, 0) is 12.8 Å². The number of rotatable bonds is 7. The third kappa shape index (κ3) is 5.63. The molecule has 21 heavy (non-hydrogen) atoms. The highest BCUT2D eigenvalue weighted by Crippen LogP contribution is 2.21. The summed E-state index contributed by atoms with van der Waals surface area (Å²) in [4.78, 5) is 27.6. The lowest BCUT2D eigenvalue weighted by molar-refractivity contribution is -0.141. The number of hydrogen-bond donors (Lipinski definition) is 1. The van der Waals surface area contributed by atoms with E-state index in [4.69, 9.17) is 10.5 Å². The lowest BCUT2D eigenvalue weighted by Gasteiger charge is -2.32. The molecule has 0 saturated heterocycles. The van der Waals surface area contributed by atoms with Crippen molar-refractivity contribution in [1.29, 1.82) is 0 Å². The highest BCUT2D eigenvalue weighted by atomic mass is 16.5. The monoisotopic (exact) mass is 299 g/mol. The van der Waals surface area contributed by atoms with Gasteiger partial charge in [0.25, 0.3) is 0 Å². The molecule has 0 spiro atoms. The molecule has 1 aliphatic rings. The molecule has 1 unspecified atom stereocenters. The number of amides is 2. The summed E-state index contributed by atoms with van der Waals surface area (Å²) in [5, 5.41) is 0. The molecular weight excluding hydrogens is 270 g/mol. The van der Waals surface area contributed by atoms with Crippen LogP contribution in [0.2, 0.25) is 0 Å². The van der Waals surface area contributed by atoms with Gasteiger partial charge >= 0.3 is 0 Å². The Kier molecular flexibility index (Phi) is 7.67. The average Bonchev–Trinajstić information content (AvgIpc) is 2.52. The Morgan fingerprint density at radius 3 is 2.33 bits per heavy atom. The largest absolute Gasteiger partial charge is 0.380 e. The molecule has 2 amide bonds. The Bertz CT molecular complexity index is 339. The lowest BCUT2D eigenvalue weighted by atomic mass is 9.94. The third-order valence-corrected chi connectivity index (χ3v) is 4.31. The van der Waals surface area contributed by atoms with E-state index >= 15 is 0 Å². The number of likely N-dealkylation sites (N-methyl/N-ethyl adjacent to an activating group) is 2. The van der Waals surface area contributed by atoms with Crippen LogP contribution in [0, 0.1) is 0 Å². The van der Waals surface area contributed by atoms with E-state index in [1.807, 2.05) is 7.05 Å². The fraction of sp³-hybridized carbons (Fsp3) is 0.867. The molecule has 0 bridgehead atoms. The number of ether oxygens (including phenoxy) is 1. The Balaban J connectivity index is 2.43. The molecule has 0 aromatic heterocycles. The van der Waals surface area contributed by atoms with E-state index in [2.05, 4.69) is 0 Å². The van der Waals surface area contributed by atoms with E-state index < -0.39 is 0 Å². The van der Waals surface area contributed by atoms with Crippen LogP contribution in [0.15, 0.2) is 0 Å². The molecule has 0 aromatic carbocycles. The zero-order valence-corrected chi connectivity index (χ0v) is 13.5. The highest BCUT2D eigenvalue weighted by Gasteiger charge is 2.24. The molecular formula is C15H29N3O3. The van der Waals surface area contributed by atoms with Gasteiger partial charge in [0.05, 0.1) is 19.1 Å². The minimum Gasteiger partial charge on any atom is -0.380 e. The highest BCUT2D eigenvalue weighted by molar-refractivity contribution is 5.84. The quantitative estimate of drug-likeness (QED) is 0.747. The Morgan fingerprint density at radius 2 is 1.81 bits per heavy atom. The van der Waals surface area contributed by atoms with Gasteiger partial charge in [-0.15, -0.1) is 0 Å². The molecule has 0 aromatic rings. The minimum atomic E-state index is -0.286. The summed E-state index contributed by atoms with van der Waals surface area (Å²) < 4.78 is 5.10. The SMILES string of the molecule is COC(CN)CC(=O)N(C)CC(=O)N(C)C1CCCCC1. The van der Waals surface area contributed by atoms with Crippen LogP contribution >= 0.6 is 0 Å². The zero-order chi connectivity index (χ0) is 15.8. The fourth-order valence-electron chi connectivity index (χ4n) is 2.69. The van der Waals surface area contributed by atoms with Crippen LogP contribution < -0.4 is 5.73 Å². The summed E-state index contributed by atoms with van der Waals surface area (Å²) in [6.07, 6.45) is 5.69. The van der Waals surface area contributed by atoms with Crippen LogP contribution in [0.3, 0.4) is 0 Å². The molecule has 6 heteroatoms. The second kappa shape index (κ2) is 9.00. The van der Waals surface area contributed by atoms with E-state index in [1.165, 1.54) is 31.3 Å². The molecule has 0 heterocycles. The third-order valence-electron chi connectivity index (χ3n) is 4.31. The molecule has 1 atom stereocenters. The Labute approximate surface area is 127 Å². The number of methoxy groups -OCH3 is 1. The first-order valence-corrected chi connectivity index (χ1v) is 7.72. The van der Waals surface area contributed by atoms with Crippen molar-refractivity contribution in [2.45, 2.75) is 50.7 Å². The molecule has 122 valence electrons. The first-order chi connectivity index (χ1) is 9.99. The Morgan fingerprint density at radius 1 is 1.19 bits per heavy atom. The lowest BCUT2D eigenvalue weighted by Crippen LogP contribution is -2.45. The average molecular weight is 299 g/mol. The predicted molar refractivity (Wildman–Crippen MR) is 81.7 cm³/mol. The number of hydrogen-bond acceptors (Lipinski definition) is 4. The first-order valence-electron chi connectivity index (χ1n) is 7.72. The predicted octanol–water partition coefficient (Wildman–Crippen LogP) is 0.600. The molecule has 0 radical (unpaired) electrons. The van der Waals surface area contributed by atoms with Gasteiger partial charge in [-0.3, -0.25) is 9.59 Å². The van der Waals surface area contributed by atoms with Gasteiger partial charge in [0.15, 0.2) is 0 Å². The number of nitrogens with zero attached hydrogens (tertiary/aromatic N) is 2. The molecule has 6 nitrogen and oxygen atoms in total. The fourth-order valence-corrected chi connectivity index (χ4v) is 2.69. The van der Waals surface area contributed by atoms with Crippen molar-refractivity contribution in [1.82, 2.24) is 9.80 Å². The zero-order valence-electron chi connectivity index (χ0n) is 13.5. The molecule has 1 aliphatic carbocycles. The van der Waals surface area contributed by atoms with E-state index in [9.17, 15) is 9.59 Å². The van der Waals surface area contributed by atoms with Crippen LogP contribution in [-0.2, 0) is 14.3 Å². The maximum atomic E-state index is 12.3. The molecule has 0 aliphatic heterocycles. The summed E-state index contributed by atoms with van der Waals surface area (Å²) in [6, 6.07) is 0.325. The molecule has 1 saturated carbocycles. The second-order valence-electron chi connectivity index (χ2n) is 5.84. The van der Waals surface area contributed by atoms with Crippen molar-refractivity contribution in [3.05, 3.63) is 0 Å². The van der Waals surface area contributed by atoms with Gasteiger partial charge in [0.2, 0.25) is 11.8 Å². The van der Waals surface area contributed by atoms with Crippen LogP contribution in [0.25, 0.3) is 0 Å². The van der Waals surface area contributed by atoms with Gasteiger partial charge in [-0.1, -0.05) is 19.3 Å². The summed E-state index contributed by atoms with van der Waals surface area (Å²) in [7, 11) is 5.03. The smallest absolute Gasteiger partial charge is 0.242 e. The van der Waals surface area contributed by atoms with Gasteiger partial charge < -0.3 is 20.3 Å². The number of carbonyl (C=O) groups is 2. The van der Waals surface area contributed by atoms with Gasteiger partial charge in [-0.2, -0.15) is 0 Å². The van der Waals surface area contributed by atoms with Crippen molar-refractivity contribution in [2.75, 3.05) is 34.3 Å². The summed E-state index contributed by atoms with van der Waals surface area (Å²) in [5.41, 5.74) is 5.51. The van der Waals surface area contributed by atoms with E-state index in [0.29, 0.717) is 12.6 Å². The molecule has 2 N–H and O–H groups in total.